The molecule has 1 aromatic rings. The van der Waals surface area contributed by atoms with E-state index in [2.05, 4.69) is 4.99 Å². The van der Waals surface area contributed by atoms with Crippen LogP contribution in [0, 0.1) is 0 Å². The van der Waals surface area contributed by atoms with E-state index in [4.69, 9.17) is 21.8 Å². The van der Waals surface area contributed by atoms with Gasteiger partial charge in [0.15, 0.2) is 0 Å². The summed E-state index contributed by atoms with van der Waals surface area (Å²) in [5.41, 5.74) is 0.0298. The predicted octanol–water partition coefficient (Wildman–Crippen LogP) is 2.48. The molecule has 0 radical (unpaired) electrons. The first-order valence-electron chi connectivity index (χ1n) is 5.28. The van der Waals surface area contributed by atoms with Gasteiger partial charge in [-0.05, 0) is 24.6 Å². The highest BCUT2D eigenvalue weighted by molar-refractivity contribution is 6.70. The van der Waals surface area contributed by atoms with Crippen LogP contribution < -0.4 is 0 Å². The minimum Gasteiger partial charge on any atom is -0.478 e. The average Bonchev–Trinajstić information content (AvgIpc) is 2.34. The maximum Gasteiger partial charge on any atom is 0.336 e. The van der Waals surface area contributed by atoms with Gasteiger partial charge in [0, 0.05) is 12.1 Å². The average molecular weight is 270 g/mol. The number of hydrogen-bond acceptors (Lipinski definition) is 3. The Balaban J connectivity index is 3.31. The molecule has 6 heteroatoms. The molecule has 0 aliphatic rings. The summed E-state index contributed by atoms with van der Waals surface area (Å²) in [7, 11) is 0. The highest BCUT2D eigenvalue weighted by Crippen LogP contribution is 2.16. The largest absolute Gasteiger partial charge is 0.478 e. The first-order valence-corrected chi connectivity index (χ1v) is 5.66. The Hall–Kier alpha value is -1.88. The fourth-order valence-corrected chi connectivity index (χ4v) is 1.57. The van der Waals surface area contributed by atoms with Crippen LogP contribution in [-0.2, 0) is 0 Å². The second-order valence-electron chi connectivity index (χ2n) is 3.54. The van der Waals surface area contributed by atoms with Gasteiger partial charge in [-0.25, -0.2) is 9.59 Å². The van der Waals surface area contributed by atoms with E-state index in [-0.39, 0.29) is 21.9 Å². The van der Waals surface area contributed by atoms with Crippen LogP contribution in [0.4, 0.5) is 0 Å². The molecule has 0 aromatic heterocycles. The summed E-state index contributed by atoms with van der Waals surface area (Å²) < 4.78 is 0. The van der Waals surface area contributed by atoms with Crippen molar-refractivity contribution in [1.29, 1.82) is 0 Å². The lowest BCUT2D eigenvalue weighted by Crippen LogP contribution is -2.08. The standard InChI is InChI=1S/C12H12ClNO4/c1-2-5-14-10(13)9-6-7(11(15)16)3-4-8(9)12(17)18/h3-4,6H,2,5H2,1H3,(H,15,16)(H,17,18). The smallest absolute Gasteiger partial charge is 0.336 e. The predicted molar refractivity (Wildman–Crippen MR) is 67.9 cm³/mol. The van der Waals surface area contributed by atoms with Crippen molar-refractivity contribution in [2.75, 3.05) is 6.54 Å². The normalized spacial score (nSPS) is 11.3. The summed E-state index contributed by atoms with van der Waals surface area (Å²) in [5, 5.41) is 17.9. The van der Waals surface area contributed by atoms with Crippen LogP contribution in [-0.4, -0.2) is 33.9 Å². The Morgan fingerprint density at radius 3 is 2.39 bits per heavy atom. The number of aliphatic imine (C=N–C) groups is 1. The van der Waals surface area contributed by atoms with Gasteiger partial charge in [-0.2, -0.15) is 0 Å². The molecule has 0 saturated carbocycles. The topological polar surface area (TPSA) is 87.0 Å². The molecule has 0 spiro atoms. The van der Waals surface area contributed by atoms with Crippen molar-refractivity contribution in [3.8, 4) is 0 Å². The number of nitrogens with zero attached hydrogens (tertiary/aromatic N) is 1. The van der Waals surface area contributed by atoms with Gasteiger partial charge in [0.2, 0.25) is 0 Å². The summed E-state index contributed by atoms with van der Waals surface area (Å²) in [5.74, 6) is -2.32. The van der Waals surface area contributed by atoms with E-state index in [1.165, 1.54) is 18.2 Å². The fourth-order valence-electron chi connectivity index (χ4n) is 1.33. The quantitative estimate of drug-likeness (QED) is 0.804. The molecular formula is C12H12ClNO4. The van der Waals surface area contributed by atoms with Crippen molar-refractivity contribution in [2.45, 2.75) is 13.3 Å². The number of carboxylic acids is 2. The molecule has 5 nitrogen and oxygen atoms in total. The molecule has 96 valence electrons. The molecule has 0 unspecified atom stereocenters. The molecule has 0 atom stereocenters. The molecule has 0 saturated heterocycles. The summed E-state index contributed by atoms with van der Waals surface area (Å²) in [4.78, 5) is 25.8. The molecule has 1 rings (SSSR count). The molecule has 0 aliphatic heterocycles. The summed E-state index contributed by atoms with van der Waals surface area (Å²) >= 11 is 5.90. The van der Waals surface area contributed by atoms with Crippen LogP contribution in [0.5, 0.6) is 0 Å². The van der Waals surface area contributed by atoms with Crippen LogP contribution in [0.2, 0.25) is 0 Å². The number of aromatic carboxylic acids is 2. The summed E-state index contributed by atoms with van der Waals surface area (Å²) in [6, 6.07) is 3.65. The van der Waals surface area contributed by atoms with E-state index in [1.807, 2.05) is 6.92 Å². The zero-order chi connectivity index (χ0) is 13.7. The second-order valence-corrected chi connectivity index (χ2v) is 3.90. The number of benzene rings is 1. The van der Waals surface area contributed by atoms with Crippen LogP contribution in [0.1, 0.15) is 39.6 Å². The zero-order valence-electron chi connectivity index (χ0n) is 9.68. The van der Waals surface area contributed by atoms with Crippen molar-refractivity contribution < 1.29 is 19.8 Å². The maximum absolute atomic E-state index is 11.0. The van der Waals surface area contributed by atoms with Gasteiger partial charge in [-0.3, -0.25) is 4.99 Å². The third-order valence-electron chi connectivity index (χ3n) is 2.19. The fraction of sp³-hybridized carbons (Fsp3) is 0.250. The molecule has 0 bridgehead atoms. The Kier molecular flexibility index (Phi) is 4.85. The molecule has 0 aliphatic carbocycles. The minimum absolute atomic E-state index is 0.0114. The molecule has 0 fully saturated rings. The summed E-state index contributed by atoms with van der Waals surface area (Å²) in [6.45, 7) is 2.36. The Labute approximate surface area is 109 Å². The SMILES string of the molecule is CCCN=C(Cl)c1cc(C(=O)O)ccc1C(=O)O. The second kappa shape index (κ2) is 6.16. The Morgan fingerprint density at radius 2 is 1.89 bits per heavy atom. The minimum atomic E-state index is -1.17. The van der Waals surface area contributed by atoms with Gasteiger partial charge in [-0.1, -0.05) is 18.5 Å². The highest BCUT2D eigenvalue weighted by atomic mass is 35.5. The zero-order valence-corrected chi connectivity index (χ0v) is 10.4. The third-order valence-corrected chi connectivity index (χ3v) is 2.52. The van der Waals surface area contributed by atoms with E-state index < -0.39 is 11.9 Å². The van der Waals surface area contributed by atoms with Gasteiger partial charge >= 0.3 is 11.9 Å². The lowest BCUT2D eigenvalue weighted by Gasteiger charge is -2.05. The number of rotatable bonds is 5. The van der Waals surface area contributed by atoms with Crippen molar-refractivity contribution >= 4 is 28.7 Å². The first-order chi connectivity index (χ1) is 8.47. The molecule has 2 N–H and O–H groups in total. The lowest BCUT2D eigenvalue weighted by molar-refractivity contribution is 0.0681. The number of carboxylic acid groups (broad SMARTS) is 2. The van der Waals surface area contributed by atoms with E-state index in [0.717, 1.165) is 6.42 Å². The number of halogens is 1. The lowest BCUT2D eigenvalue weighted by atomic mass is 10.0. The third kappa shape index (κ3) is 3.30. The molecular weight excluding hydrogens is 258 g/mol. The molecule has 0 amide bonds. The van der Waals surface area contributed by atoms with Crippen LogP contribution in [0.25, 0.3) is 0 Å². The first kappa shape index (κ1) is 14.2. The van der Waals surface area contributed by atoms with E-state index in [1.54, 1.807) is 0 Å². The van der Waals surface area contributed by atoms with Crippen molar-refractivity contribution in [2.24, 2.45) is 4.99 Å². The Morgan fingerprint density at radius 1 is 1.22 bits per heavy atom. The van der Waals surface area contributed by atoms with Gasteiger partial charge in [0.05, 0.1) is 11.1 Å². The van der Waals surface area contributed by atoms with Gasteiger partial charge in [0.25, 0.3) is 0 Å². The monoisotopic (exact) mass is 269 g/mol. The van der Waals surface area contributed by atoms with Gasteiger partial charge in [-0.15, -0.1) is 0 Å². The number of carbonyl (C=O) groups is 2. The van der Waals surface area contributed by atoms with Crippen molar-refractivity contribution in [3.05, 3.63) is 34.9 Å². The Bertz CT molecular complexity index is 511. The molecule has 18 heavy (non-hydrogen) atoms. The van der Waals surface area contributed by atoms with Crippen molar-refractivity contribution in [1.82, 2.24) is 0 Å². The highest BCUT2D eigenvalue weighted by Gasteiger charge is 2.16. The van der Waals surface area contributed by atoms with Crippen molar-refractivity contribution in [3.63, 3.8) is 0 Å². The van der Waals surface area contributed by atoms with Gasteiger partial charge < -0.3 is 10.2 Å². The van der Waals surface area contributed by atoms with Crippen LogP contribution in [0.15, 0.2) is 23.2 Å². The maximum atomic E-state index is 11.0. The van der Waals surface area contributed by atoms with Crippen LogP contribution >= 0.6 is 11.6 Å². The van der Waals surface area contributed by atoms with Crippen LogP contribution in [0.3, 0.4) is 0 Å². The van der Waals surface area contributed by atoms with Gasteiger partial charge in [0.1, 0.15) is 5.17 Å². The van der Waals surface area contributed by atoms with E-state index in [9.17, 15) is 9.59 Å². The van der Waals surface area contributed by atoms with E-state index in [0.29, 0.717) is 6.54 Å². The molecule has 0 heterocycles. The molecule has 1 aromatic carbocycles. The van der Waals surface area contributed by atoms with E-state index >= 15 is 0 Å². The number of hydrogen-bond donors (Lipinski definition) is 2. The summed E-state index contributed by atoms with van der Waals surface area (Å²) in [6.07, 6.45) is 0.761.